The fourth-order valence-electron chi connectivity index (χ4n) is 2.96. The number of anilines is 1. The lowest BCUT2D eigenvalue weighted by Crippen LogP contribution is -2.27. The highest BCUT2D eigenvalue weighted by molar-refractivity contribution is 5.92. The monoisotopic (exact) mass is 297 g/mol. The highest BCUT2D eigenvalue weighted by Gasteiger charge is 2.28. The second kappa shape index (κ2) is 5.59. The molecular weight excluding hydrogens is 274 g/mol. The molecule has 1 aromatic heterocycles. The van der Waals surface area contributed by atoms with Gasteiger partial charge in [-0.2, -0.15) is 5.10 Å². The first kappa shape index (κ1) is 14.8. The van der Waals surface area contributed by atoms with Crippen LogP contribution >= 0.6 is 0 Å². The topological polar surface area (TPSA) is 46.9 Å². The predicted octanol–water partition coefficient (Wildman–Crippen LogP) is 3.31. The minimum absolute atomic E-state index is 0.0197. The Balaban J connectivity index is 1.84. The number of hydrogen-bond acceptors (Lipinski definition) is 2. The average molecular weight is 297 g/mol. The molecule has 1 N–H and O–H groups in total. The van der Waals surface area contributed by atoms with Crippen LogP contribution in [-0.4, -0.2) is 15.7 Å². The Labute approximate surface area is 131 Å². The first-order chi connectivity index (χ1) is 10.4. The van der Waals surface area contributed by atoms with Crippen LogP contribution in [0.1, 0.15) is 44.0 Å². The number of fused-ring (bicyclic) bond motifs is 1. The summed E-state index contributed by atoms with van der Waals surface area (Å²) < 4.78 is 1.97. The van der Waals surface area contributed by atoms with E-state index in [4.69, 9.17) is 5.10 Å². The highest BCUT2D eigenvalue weighted by Crippen LogP contribution is 2.32. The number of aryl methyl sites for hydroxylation is 1. The van der Waals surface area contributed by atoms with Crippen molar-refractivity contribution in [2.45, 2.75) is 52.0 Å². The molecule has 0 unspecified atom stereocenters. The van der Waals surface area contributed by atoms with Gasteiger partial charge in [-0.1, -0.05) is 30.3 Å². The van der Waals surface area contributed by atoms with Gasteiger partial charge in [0.05, 0.1) is 17.7 Å². The molecule has 2 aromatic rings. The SMILES string of the molecule is CC(C)(C)n1nc2c(c1NC(=O)Cc1ccccc1)CCC2. The maximum absolute atomic E-state index is 12.4. The lowest BCUT2D eigenvalue weighted by molar-refractivity contribution is -0.115. The summed E-state index contributed by atoms with van der Waals surface area (Å²) in [5, 5.41) is 7.83. The molecule has 4 nitrogen and oxygen atoms in total. The summed E-state index contributed by atoms with van der Waals surface area (Å²) in [6.45, 7) is 6.34. The van der Waals surface area contributed by atoms with Gasteiger partial charge in [0.1, 0.15) is 5.82 Å². The standard InChI is InChI=1S/C18H23N3O/c1-18(2,3)21-17(14-10-7-11-15(14)20-21)19-16(22)12-13-8-5-4-6-9-13/h4-6,8-9H,7,10-12H2,1-3H3,(H,19,22). The van der Waals surface area contributed by atoms with Crippen LogP contribution in [0.15, 0.2) is 30.3 Å². The molecule has 0 spiro atoms. The number of carbonyl (C=O) groups is 1. The smallest absolute Gasteiger partial charge is 0.229 e. The van der Waals surface area contributed by atoms with Crippen molar-refractivity contribution in [2.24, 2.45) is 0 Å². The second-order valence-electron chi connectivity index (χ2n) is 6.92. The normalized spacial score (nSPS) is 14.0. The Bertz CT molecular complexity index is 680. The Kier molecular flexibility index (Phi) is 3.77. The fourth-order valence-corrected chi connectivity index (χ4v) is 2.96. The Morgan fingerprint density at radius 3 is 2.64 bits per heavy atom. The molecule has 0 fully saturated rings. The number of benzene rings is 1. The molecule has 1 amide bonds. The van der Waals surface area contributed by atoms with Crippen LogP contribution in [0.2, 0.25) is 0 Å². The van der Waals surface area contributed by atoms with Gasteiger partial charge in [0, 0.05) is 5.56 Å². The van der Waals surface area contributed by atoms with Gasteiger partial charge in [-0.3, -0.25) is 4.79 Å². The maximum Gasteiger partial charge on any atom is 0.229 e. The van der Waals surface area contributed by atoms with Gasteiger partial charge in [0.15, 0.2) is 0 Å². The summed E-state index contributed by atoms with van der Waals surface area (Å²) in [4.78, 5) is 12.4. The Morgan fingerprint density at radius 2 is 1.95 bits per heavy atom. The molecule has 1 aromatic carbocycles. The van der Waals surface area contributed by atoms with E-state index in [1.165, 1.54) is 5.56 Å². The van der Waals surface area contributed by atoms with Crippen LogP contribution in [-0.2, 0) is 29.6 Å². The summed E-state index contributed by atoms with van der Waals surface area (Å²) in [5.74, 6) is 0.909. The number of rotatable bonds is 3. The van der Waals surface area contributed by atoms with Crippen molar-refractivity contribution in [3.8, 4) is 0 Å². The molecule has 0 atom stereocenters. The van der Waals surface area contributed by atoms with Crippen LogP contribution < -0.4 is 5.32 Å². The highest BCUT2D eigenvalue weighted by atomic mass is 16.1. The van der Waals surface area contributed by atoms with Crippen LogP contribution in [0.25, 0.3) is 0 Å². The fraction of sp³-hybridized carbons (Fsp3) is 0.444. The average Bonchev–Trinajstić information content (AvgIpc) is 3.02. The van der Waals surface area contributed by atoms with E-state index in [-0.39, 0.29) is 11.4 Å². The van der Waals surface area contributed by atoms with Gasteiger partial charge in [-0.25, -0.2) is 4.68 Å². The third kappa shape index (κ3) is 2.91. The van der Waals surface area contributed by atoms with Crippen molar-refractivity contribution >= 4 is 11.7 Å². The summed E-state index contributed by atoms with van der Waals surface area (Å²) in [5.41, 5.74) is 3.25. The van der Waals surface area contributed by atoms with Crippen molar-refractivity contribution in [3.63, 3.8) is 0 Å². The van der Waals surface area contributed by atoms with Gasteiger partial charge < -0.3 is 5.32 Å². The number of nitrogens with one attached hydrogen (secondary N) is 1. The lowest BCUT2D eigenvalue weighted by atomic mass is 10.1. The maximum atomic E-state index is 12.4. The van der Waals surface area contributed by atoms with E-state index < -0.39 is 0 Å². The predicted molar refractivity (Wildman–Crippen MR) is 88.0 cm³/mol. The zero-order chi connectivity index (χ0) is 15.7. The first-order valence-corrected chi connectivity index (χ1v) is 7.90. The summed E-state index contributed by atoms with van der Waals surface area (Å²) in [6.07, 6.45) is 3.54. The number of amides is 1. The third-order valence-electron chi connectivity index (χ3n) is 4.01. The molecule has 4 heteroatoms. The first-order valence-electron chi connectivity index (χ1n) is 7.90. The quantitative estimate of drug-likeness (QED) is 0.945. The minimum Gasteiger partial charge on any atom is -0.310 e. The van der Waals surface area contributed by atoms with Crippen LogP contribution in [0.3, 0.4) is 0 Å². The number of hydrogen-bond donors (Lipinski definition) is 1. The molecular formula is C18H23N3O. The summed E-state index contributed by atoms with van der Waals surface area (Å²) in [7, 11) is 0. The van der Waals surface area contributed by atoms with E-state index in [1.54, 1.807) is 0 Å². The molecule has 3 rings (SSSR count). The van der Waals surface area contributed by atoms with E-state index in [1.807, 2.05) is 35.0 Å². The van der Waals surface area contributed by atoms with Gasteiger partial charge in [-0.05, 0) is 45.6 Å². The van der Waals surface area contributed by atoms with Gasteiger partial charge >= 0.3 is 0 Å². The molecule has 0 saturated heterocycles. The van der Waals surface area contributed by atoms with Gasteiger partial charge in [0.25, 0.3) is 0 Å². The van der Waals surface area contributed by atoms with Gasteiger partial charge in [0.2, 0.25) is 5.91 Å². The molecule has 1 aliphatic rings. The van der Waals surface area contributed by atoms with Crippen LogP contribution in [0.5, 0.6) is 0 Å². The summed E-state index contributed by atoms with van der Waals surface area (Å²) >= 11 is 0. The minimum atomic E-state index is -0.139. The van der Waals surface area contributed by atoms with Gasteiger partial charge in [-0.15, -0.1) is 0 Å². The molecule has 116 valence electrons. The second-order valence-corrected chi connectivity index (χ2v) is 6.92. The summed E-state index contributed by atoms with van der Waals surface area (Å²) in [6, 6.07) is 9.83. The molecule has 0 aliphatic heterocycles. The zero-order valence-electron chi connectivity index (χ0n) is 13.5. The molecule has 1 heterocycles. The van der Waals surface area contributed by atoms with E-state index in [2.05, 4.69) is 26.1 Å². The van der Waals surface area contributed by atoms with E-state index in [0.29, 0.717) is 6.42 Å². The van der Waals surface area contributed by atoms with E-state index in [9.17, 15) is 4.79 Å². The molecule has 22 heavy (non-hydrogen) atoms. The number of nitrogens with zero attached hydrogens (tertiary/aromatic N) is 2. The van der Waals surface area contributed by atoms with Crippen molar-refractivity contribution in [3.05, 3.63) is 47.2 Å². The molecule has 1 aliphatic carbocycles. The number of aromatic nitrogens is 2. The van der Waals surface area contributed by atoms with E-state index >= 15 is 0 Å². The van der Waals surface area contributed by atoms with Crippen molar-refractivity contribution in [1.29, 1.82) is 0 Å². The van der Waals surface area contributed by atoms with Crippen molar-refractivity contribution in [2.75, 3.05) is 5.32 Å². The molecule has 0 radical (unpaired) electrons. The van der Waals surface area contributed by atoms with Crippen LogP contribution in [0, 0.1) is 0 Å². The third-order valence-corrected chi connectivity index (χ3v) is 4.01. The molecule has 0 bridgehead atoms. The van der Waals surface area contributed by atoms with Crippen molar-refractivity contribution < 1.29 is 4.79 Å². The van der Waals surface area contributed by atoms with Crippen LogP contribution in [0.4, 0.5) is 5.82 Å². The Hall–Kier alpha value is -2.10. The molecule has 0 saturated carbocycles. The Morgan fingerprint density at radius 1 is 1.23 bits per heavy atom. The van der Waals surface area contributed by atoms with Crippen molar-refractivity contribution in [1.82, 2.24) is 9.78 Å². The zero-order valence-corrected chi connectivity index (χ0v) is 13.5. The lowest BCUT2D eigenvalue weighted by Gasteiger charge is -2.23. The van der Waals surface area contributed by atoms with E-state index in [0.717, 1.165) is 36.3 Å². The number of carbonyl (C=O) groups excluding carboxylic acids is 1. The largest absolute Gasteiger partial charge is 0.310 e.